The van der Waals surface area contributed by atoms with Gasteiger partial charge in [0.1, 0.15) is 5.75 Å². The summed E-state index contributed by atoms with van der Waals surface area (Å²) in [5.74, 6) is 0.604. The summed E-state index contributed by atoms with van der Waals surface area (Å²) in [7, 11) is 1.55. The van der Waals surface area contributed by atoms with Gasteiger partial charge in [-0.25, -0.2) is 0 Å². The van der Waals surface area contributed by atoms with E-state index in [2.05, 4.69) is 5.32 Å². The van der Waals surface area contributed by atoms with E-state index in [1.807, 2.05) is 20.8 Å². The van der Waals surface area contributed by atoms with Crippen LogP contribution in [0, 0.1) is 0 Å². The third kappa shape index (κ3) is 5.73. The van der Waals surface area contributed by atoms with E-state index in [0.29, 0.717) is 23.6 Å². The molecule has 0 radical (unpaired) electrons. The maximum atomic E-state index is 12.3. The minimum absolute atomic E-state index is 0.0223. The molecule has 1 atom stereocenters. The highest BCUT2D eigenvalue weighted by Crippen LogP contribution is 2.22. The number of nitrogen functional groups attached to an aromatic ring is 1. The average Bonchev–Trinajstić information content (AvgIpc) is 2.45. The highest BCUT2D eigenvalue weighted by atomic mass is 16.5. The first-order chi connectivity index (χ1) is 9.95. The summed E-state index contributed by atoms with van der Waals surface area (Å²) in [6, 6.07) is 4.85. The maximum Gasteiger partial charge on any atom is 0.179 e. The molecule has 3 N–H and O–H groups in total. The van der Waals surface area contributed by atoms with Crippen LogP contribution in [-0.4, -0.2) is 38.2 Å². The van der Waals surface area contributed by atoms with Crippen LogP contribution in [0.25, 0.3) is 0 Å². The van der Waals surface area contributed by atoms with Crippen LogP contribution in [0.1, 0.15) is 37.6 Å². The lowest BCUT2D eigenvalue weighted by Gasteiger charge is -2.14. The zero-order valence-corrected chi connectivity index (χ0v) is 13.3. The molecule has 0 aliphatic rings. The number of hydrogen-bond donors (Lipinski definition) is 2. The number of ketones is 1. The van der Waals surface area contributed by atoms with E-state index in [0.717, 1.165) is 13.0 Å². The smallest absolute Gasteiger partial charge is 0.179 e. The van der Waals surface area contributed by atoms with Crippen molar-refractivity contribution in [2.24, 2.45) is 0 Å². The number of benzene rings is 1. The Morgan fingerprint density at radius 3 is 2.62 bits per heavy atom. The molecule has 1 rings (SSSR count). The summed E-state index contributed by atoms with van der Waals surface area (Å²) < 4.78 is 10.5. The number of anilines is 1. The summed E-state index contributed by atoms with van der Waals surface area (Å²) >= 11 is 0. The number of ether oxygens (including phenoxy) is 2. The van der Waals surface area contributed by atoms with Crippen molar-refractivity contribution >= 4 is 11.5 Å². The first-order valence-corrected chi connectivity index (χ1v) is 7.28. The van der Waals surface area contributed by atoms with E-state index < -0.39 is 0 Å². The van der Waals surface area contributed by atoms with Crippen LogP contribution in [0.4, 0.5) is 5.69 Å². The van der Waals surface area contributed by atoms with Crippen molar-refractivity contribution in [3.05, 3.63) is 23.8 Å². The van der Waals surface area contributed by atoms with Gasteiger partial charge < -0.3 is 20.5 Å². The molecule has 0 saturated heterocycles. The van der Waals surface area contributed by atoms with Crippen LogP contribution in [0.2, 0.25) is 0 Å². The number of nitrogens with one attached hydrogen (secondary N) is 1. The standard InChI is InChI=1S/C16H26N2O3/c1-11(2)21-9-5-8-18-12(3)16(19)13-6-7-15(20-4)14(17)10-13/h6-7,10-12,18H,5,8-9,17H2,1-4H3. The Hall–Kier alpha value is -1.59. The molecule has 5 heteroatoms. The second-order valence-electron chi connectivity index (χ2n) is 5.27. The van der Waals surface area contributed by atoms with Crippen molar-refractivity contribution in [1.29, 1.82) is 0 Å². The lowest BCUT2D eigenvalue weighted by molar-refractivity contribution is 0.0760. The quantitative estimate of drug-likeness (QED) is 0.415. The highest BCUT2D eigenvalue weighted by molar-refractivity contribution is 6.00. The van der Waals surface area contributed by atoms with E-state index in [-0.39, 0.29) is 17.9 Å². The molecule has 0 amide bonds. The minimum Gasteiger partial charge on any atom is -0.495 e. The number of carbonyl (C=O) groups is 1. The molecular weight excluding hydrogens is 268 g/mol. The summed E-state index contributed by atoms with van der Waals surface area (Å²) in [6.45, 7) is 7.31. The molecule has 0 spiro atoms. The van der Waals surface area contributed by atoms with Gasteiger partial charge in [0.15, 0.2) is 5.78 Å². The molecule has 0 aliphatic heterocycles. The summed E-state index contributed by atoms with van der Waals surface area (Å²) in [4.78, 5) is 12.3. The molecule has 0 saturated carbocycles. The van der Waals surface area contributed by atoms with Crippen LogP contribution in [-0.2, 0) is 4.74 Å². The lowest BCUT2D eigenvalue weighted by atomic mass is 10.0. The molecule has 0 fully saturated rings. The Morgan fingerprint density at radius 1 is 1.33 bits per heavy atom. The van der Waals surface area contributed by atoms with Crippen LogP contribution in [0.15, 0.2) is 18.2 Å². The van der Waals surface area contributed by atoms with Crippen LogP contribution in [0.5, 0.6) is 5.75 Å². The number of methoxy groups -OCH3 is 1. The fourth-order valence-electron chi connectivity index (χ4n) is 1.94. The predicted octanol–water partition coefficient (Wildman–Crippen LogP) is 2.25. The summed E-state index contributed by atoms with van der Waals surface area (Å²) in [6.07, 6.45) is 1.12. The van der Waals surface area contributed by atoms with Crippen LogP contribution in [0.3, 0.4) is 0 Å². The second kappa shape index (κ2) is 8.64. The van der Waals surface area contributed by atoms with Gasteiger partial charge in [-0.05, 0) is 51.9 Å². The van der Waals surface area contributed by atoms with Crippen molar-refractivity contribution in [3.63, 3.8) is 0 Å². The Kier molecular flexibility index (Phi) is 7.19. The number of hydrogen-bond acceptors (Lipinski definition) is 5. The van der Waals surface area contributed by atoms with Crippen LogP contribution >= 0.6 is 0 Å². The van der Waals surface area contributed by atoms with Gasteiger partial charge in [-0.1, -0.05) is 0 Å². The summed E-state index contributed by atoms with van der Waals surface area (Å²) in [5.41, 5.74) is 6.89. The lowest BCUT2D eigenvalue weighted by Crippen LogP contribution is -2.35. The van der Waals surface area contributed by atoms with Crippen molar-refractivity contribution in [2.45, 2.75) is 39.3 Å². The Labute approximate surface area is 126 Å². The number of rotatable bonds is 9. The fourth-order valence-corrected chi connectivity index (χ4v) is 1.94. The van der Waals surface area contributed by atoms with E-state index in [9.17, 15) is 4.79 Å². The third-order valence-corrected chi connectivity index (χ3v) is 3.13. The molecule has 1 unspecified atom stereocenters. The monoisotopic (exact) mass is 294 g/mol. The topological polar surface area (TPSA) is 73.6 Å². The van der Waals surface area contributed by atoms with Gasteiger partial charge in [0.2, 0.25) is 0 Å². The normalized spacial score (nSPS) is 12.4. The van der Waals surface area contributed by atoms with Gasteiger partial charge in [0.25, 0.3) is 0 Å². The number of Topliss-reactive ketones (excluding diaryl/α,β-unsaturated/α-hetero) is 1. The van der Waals surface area contributed by atoms with Crippen LogP contribution < -0.4 is 15.8 Å². The van der Waals surface area contributed by atoms with E-state index in [1.165, 1.54) is 0 Å². The minimum atomic E-state index is -0.253. The SMILES string of the molecule is COc1ccc(C(=O)C(C)NCCCOC(C)C)cc1N. The summed E-state index contributed by atoms with van der Waals surface area (Å²) in [5, 5.41) is 3.20. The van der Waals surface area contributed by atoms with Gasteiger partial charge in [-0.2, -0.15) is 0 Å². The van der Waals surface area contributed by atoms with E-state index >= 15 is 0 Å². The van der Waals surface area contributed by atoms with Crippen molar-refractivity contribution in [1.82, 2.24) is 5.32 Å². The number of nitrogens with two attached hydrogens (primary N) is 1. The third-order valence-electron chi connectivity index (χ3n) is 3.13. The van der Waals surface area contributed by atoms with Crippen molar-refractivity contribution < 1.29 is 14.3 Å². The Morgan fingerprint density at radius 2 is 2.05 bits per heavy atom. The van der Waals surface area contributed by atoms with Gasteiger partial charge >= 0.3 is 0 Å². The first kappa shape index (κ1) is 17.5. The maximum absolute atomic E-state index is 12.3. The highest BCUT2D eigenvalue weighted by Gasteiger charge is 2.15. The van der Waals surface area contributed by atoms with E-state index in [4.69, 9.17) is 15.2 Å². The molecule has 5 nitrogen and oxygen atoms in total. The molecule has 0 heterocycles. The molecule has 0 aromatic heterocycles. The molecule has 1 aromatic carbocycles. The second-order valence-corrected chi connectivity index (χ2v) is 5.27. The van der Waals surface area contributed by atoms with Crippen molar-refractivity contribution in [3.8, 4) is 5.75 Å². The predicted molar refractivity (Wildman–Crippen MR) is 84.9 cm³/mol. The van der Waals surface area contributed by atoms with Gasteiger partial charge in [-0.3, -0.25) is 4.79 Å². The fraction of sp³-hybridized carbons (Fsp3) is 0.562. The average molecular weight is 294 g/mol. The van der Waals surface area contributed by atoms with Crippen molar-refractivity contribution in [2.75, 3.05) is 26.0 Å². The zero-order chi connectivity index (χ0) is 15.8. The largest absolute Gasteiger partial charge is 0.495 e. The molecule has 0 aliphatic carbocycles. The zero-order valence-electron chi connectivity index (χ0n) is 13.3. The molecule has 118 valence electrons. The van der Waals surface area contributed by atoms with E-state index in [1.54, 1.807) is 25.3 Å². The molecule has 1 aromatic rings. The van der Waals surface area contributed by atoms with Gasteiger partial charge in [0, 0.05) is 12.2 Å². The van der Waals surface area contributed by atoms with Gasteiger partial charge in [0.05, 0.1) is 24.9 Å². The molecule has 21 heavy (non-hydrogen) atoms. The first-order valence-electron chi connectivity index (χ1n) is 7.28. The molecule has 0 bridgehead atoms. The Balaban J connectivity index is 2.45. The number of carbonyl (C=O) groups excluding carboxylic acids is 1. The Bertz CT molecular complexity index is 461. The molecular formula is C16H26N2O3. The van der Waals surface area contributed by atoms with Gasteiger partial charge in [-0.15, -0.1) is 0 Å².